The maximum absolute atomic E-state index is 5.14. The molecule has 3 rings (SSSR count). The molecule has 0 saturated carbocycles. The summed E-state index contributed by atoms with van der Waals surface area (Å²) in [5.41, 5.74) is 3.93. The molecule has 0 saturated heterocycles. The van der Waals surface area contributed by atoms with Crippen LogP contribution in [0.5, 0.6) is 5.75 Å². The van der Waals surface area contributed by atoms with Gasteiger partial charge in [0, 0.05) is 5.56 Å². The molecule has 4 nitrogen and oxygen atoms in total. The maximum Gasteiger partial charge on any atom is 0.120 e. The molecule has 0 radical (unpaired) electrons. The van der Waals surface area contributed by atoms with E-state index in [1.54, 1.807) is 7.11 Å². The Kier molecular flexibility index (Phi) is 2.26. The van der Waals surface area contributed by atoms with E-state index in [0.717, 1.165) is 27.9 Å². The predicted octanol–water partition coefficient (Wildman–Crippen LogP) is 2.63. The van der Waals surface area contributed by atoms with Crippen LogP contribution in [-0.2, 0) is 0 Å². The SMILES string of the molecule is COc1ccc(-c2cccc3n[nH]nc23)cc1. The number of H-pyrrole nitrogens is 1. The molecule has 0 spiro atoms. The van der Waals surface area contributed by atoms with Gasteiger partial charge >= 0.3 is 0 Å². The molecule has 0 aliphatic heterocycles. The standard InChI is InChI=1S/C13H11N3O/c1-17-10-7-5-9(6-8-10)11-3-2-4-12-13(11)15-16-14-12/h2-8H,1H3,(H,14,15,16). The third kappa shape index (κ3) is 1.63. The van der Waals surface area contributed by atoms with Gasteiger partial charge in [-0.1, -0.05) is 24.3 Å². The van der Waals surface area contributed by atoms with Gasteiger partial charge in [0.25, 0.3) is 0 Å². The number of nitrogens with one attached hydrogen (secondary N) is 1. The number of ether oxygens (including phenoxy) is 1. The van der Waals surface area contributed by atoms with Gasteiger partial charge < -0.3 is 4.74 Å². The molecule has 0 unspecified atom stereocenters. The first-order chi connectivity index (χ1) is 8.38. The molecule has 1 N–H and O–H groups in total. The van der Waals surface area contributed by atoms with Crippen LogP contribution in [-0.4, -0.2) is 22.5 Å². The fourth-order valence-corrected chi connectivity index (χ4v) is 1.87. The van der Waals surface area contributed by atoms with E-state index >= 15 is 0 Å². The number of benzene rings is 2. The molecule has 4 heteroatoms. The van der Waals surface area contributed by atoms with Gasteiger partial charge in [-0.25, -0.2) is 0 Å². The van der Waals surface area contributed by atoms with Crippen molar-refractivity contribution in [2.45, 2.75) is 0 Å². The number of nitrogens with zero attached hydrogens (tertiary/aromatic N) is 2. The van der Waals surface area contributed by atoms with Crippen LogP contribution < -0.4 is 4.74 Å². The van der Waals surface area contributed by atoms with Gasteiger partial charge in [0.2, 0.25) is 0 Å². The Morgan fingerprint density at radius 2 is 1.82 bits per heavy atom. The number of hydrogen-bond acceptors (Lipinski definition) is 3. The zero-order chi connectivity index (χ0) is 11.7. The third-order valence-corrected chi connectivity index (χ3v) is 2.75. The minimum Gasteiger partial charge on any atom is -0.497 e. The van der Waals surface area contributed by atoms with Crippen LogP contribution in [0.25, 0.3) is 22.2 Å². The van der Waals surface area contributed by atoms with Gasteiger partial charge in [0.15, 0.2) is 0 Å². The molecule has 0 fully saturated rings. The molecule has 2 aromatic carbocycles. The highest BCUT2D eigenvalue weighted by molar-refractivity contribution is 5.91. The normalized spacial score (nSPS) is 10.6. The van der Waals surface area contributed by atoms with Crippen molar-refractivity contribution in [2.75, 3.05) is 7.11 Å². The van der Waals surface area contributed by atoms with Gasteiger partial charge in [-0.3, -0.25) is 0 Å². The summed E-state index contributed by atoms with van der Waals surface area (Å²) in [6.45, 7) is 0. The topological polar surface area (TPSA) is 50.8 Å². The highest BCUT2D eigenvalue weighted by Gasteiger charge is 2.06. The lowest BCUT2D eigenvalue weighted by atomic mass is 10.0. The second kappa shape index (κ2) is 3.90. The van der Waals surface area contributed by atoms with Crippen molar-refractivity contribution in [3.05, 3.63) is 42.5 Å². The van der Waals surface area contributed by atoms with E-state index in [-0.39, 0.29) is 0 Å². The van der Waals surface area contributed by atoms with Crippen molar-refractivity contribution in [1.29, 1.82) is 0 Å². The van der Waals surface area contributed by atoms with Crippen LogP contribution in [0.3, 0.4) is 0 Å². The van der Waals surface area contributed by atoms with Crippen LogP contribution in [0.4, 0.5) is 0 Å². The fraction of sp³-hybridized carbons (Fsp3) is 0.0769. The highest BCUT2D eigenvalue weighted by Crippen LogP contribution is 2.27. The molecule has 3 aromatic rings. The maximum atomic E-state index is 5.14. The average molecular weight is 225 g/mol. The zero-order valence-corrected chi connectivity index (χ0v) is 9.34. The van der Waals surface area contributed by atoms with Crippen LogP contribution in [0, 0.1) is 0 Å². The summed E-state index contributed by atoms with van der Waals surface area (Å²) < 4.78 is 5.14. The lowest BCUT2D eigenvalue weighted by Gasteiger charge is -2.03. The summed E-state index contributed by atoms with van der Waals surface area (Å²) in [5, 5.41) is 10.9. The Morgan fingerprint density at radius 3 is 2.59 bits per heavy atom. The largest absolute Gasteiger partial charge is 0.497 e. The monoisotopic (exact) mass is 225 g/mol. The van der Waals surface area contributed by atoms with Crippen LogP contribution in [0.2, 0.25) is 0 Å². The van der Waals surface area contributed by atoms with Gasteiger partial charge in [-0.15, -0.1) is 0 Å². The fourth-order valence-electron chi connectivity index (χ4n) is 1.87. The summed E-state index contributed by atoms with van der Waals surface area (Å²) in [5.74, 6) is 0.848. The van der Waals surface area contributed by atoms with Crippen LogP contribution >= 0.6 is 0 Å². The number of rotatable bonds is 2. The van der Waals surface area contributed by atoms with Gasteiger partial charge in [0.1, 0.15) is 16.8 Å². The van der Waals surface area contributed by atoms with E-state index in [1.807, 2.05) is 42.5 Å². The molecule has 1 heterocycles. The van der Waals surface area contributed by atoms with E-state index < -0.39 is 0 Å². The molecular formula is C13H11N3O. The number of hydrogen-bond donors (Lipinski definition) is 1. The zero-order valence-electron chi connectivity index (χ0n) is 9.34. The number of fused-ring (bicyclic) bond motifs is 1. The second-order valence-corrected chi connectivity index (χ2v) is 3.73. The smallest absolute Gasteiger partial charge is 0.120 e. The molecule has 0 amide bonds. The first kappa shape index (κ1) is 9.84. The summed E-state index contributed by atoms with van der Waals surface area (Å²) >= 11 is 0. The molecule has 0 bridgehead atoms. The van der Waals surface area contributed by atoms with Gasteiger partial charge in [0.05, 0.1) is 7.11 Å². The molecule has 0 aliphatic rings. The number of methoxy groups -OCH3 is 1. The van der Waals surface area contributed by atoms with Crippen LogP contribution in [0.1, 0.15) is 0 Å². The van der Waals surface area contributed by atoms with E-state index in [9.17, 15) is 0 Å². The minimum atomic E-state index is 0.848. The number of para-hydroxylation sites is 1. The van der Waals surface area contributed by atoms with Crippen molar-refractivity contribution in [1.82, 2.24) is 15.4 Å². The summed E-state index contributed by atoms with van der Waals surface area (Å²) in [6, 6.07) is 13.9. The molecule has 84 valence electrons. The lowest BCUT2D eigenvalue weighted by molar-refractivity contribution is 0.415. The molecule has 0 aliphatic carbocycles. The Hall–Kier alpha value is -2.36. The highest BCUT2D eigenvalue weighted by atomic mass is 16.5. The quantitative estimate of drug-likeness (QED) is 0.729. The average Bonchev–Trinajstić information content (AvgIpc) is 2.87. The van der Waals surface area contributed by atoms with Gasteiger partial charge in [-0.2, -0.15) is 15.4 Å². The number of aromatic amines is 1. The van der Waals surface area contributed by atoms with Crippen molar-refractivity contribution in [3.8, 4) is 16.9 Å². The van der Waals surface area contributed by atoms with Crippen molar-refractivity contribution >= 4 is 11.0 Å². The number of aromatic nitrogens is 3. The molecule has 0 atom stereocenters. The van der Waals surface area contributed by atoms with Crippen molar-refractivity contribution < 1.29 is 4.74 Å². The van der Waals surface area contributed by atoms with Crippen LogP contribution in [0.15, 0.2) is 42.5 Å². The Bertz CT molecular complexity index is 643. The first-order valence-electron chi connectivity index (χ1n) is 5.32. The van der Waals surface area contributed by atoms with E-state index in [1.165, 1.54) is 0 Å². The minimum absolute atomic E-state index is 0.848. The first-order valence-corrected chi connectivity index (χ1v) is 5.32. The molecule has 1 aromatic heterocycles. The lowest BCUT2D eigenvalue weighted by Crippen LogP contribution is -1.84. The summed E-state index contributed by atoms with van der Waals surface area (Å²) in [4.78, 5) is 0. The summed E-state index contributed by atoms with van der Waals surface area (Å²) in [7, 11) is 1.66. The van der Waals surface area contributed by atoms with E-state index in [2.05, 4.69) is 15.4 Å². The van der Waals surface area contributed by atoms with E-state index in [4.69, 9.17) is 4.74 Å². The second-order valence-electron chi connectivity index (χ2n) is 3.73. The Labute approximate surface area is 98.2 Å². The van der Waals surface area contributed by atoms with E-state index in [0.29, 0.717) is 0 Å². The Morgan fingerprint density at radius 1 is 1.00 bits per heavy atom. The van der Waals surface area contributed by atoms with Crippen molar-refractivity contribution in [2.24, 2.45) is 0 Å². The molecule has 17 heavy (non-hydrogen) atoms. The third-order valence-electron chi connectivity index (χ3n) is 2.75. The molecular weight excluding hydrogens is 214 g/mol. The predicted molar refractivity (Wildman–Crippen MR) is 65.9 cm³/mol. The van der Waals surface area contributed by atoms with Crippen molar-refractivity contribution in [3.63, 3.8) is 0 Å². The Balaban J connectivity index is 2.16. The summed E-state index contributed by atoms with van der Waals surface area (Å²) in [6.07, 6.45) is 0. The van der Waals surface area contributed by atoms with Gasteiger partial charge in [-0.05, 0) is 23.8 Å².